The molecule has 0 aliphatic rings. The molecule has 0 radical (unpaired) electrons. The molecule has 0 saturated carbocycles. The largest absolute Gasteiger partial charge is 0.305 e. The van der Waals surface area contributed by atoms with Gasteiger partial charge in [-0.1, -0.05) is 24.3 Å². The van der Waals surface area contributed by atoms with Gasteiger partial charge < -0.3 is 4.57 Å². The van der Waals surface area contributed by atoms with Crippen molar-refractivity contribution >= 4 is 33.3 Å². The van der Waals surface area contributed by atoms with Crippen LogP contribution >= 0.6 is 22.6 Å². The number of hydrogen-bond acceptors (Lipinski definition) is 2. The van der Waals surface area contributed by atoms with E-state index in [1.807, 2.05) is 41.0 Å². The van der Waals surface area contributed by atoms with Crippen LogP contribution in [0.3, 0.4) is 0 Å². The monoisotopic (exact) mass is 441 g/mol. The summed E-state index contributed by atoms with van der Waals surface area (Å²) in [4.78, 5) is 0. The molecule has 0 N–H and O–H groups in total. The highest BCUT2D eigenvalue weighted by Gasteiger charge is 2.10. The maximum absolute atomic E-state index is 13.1. The third-order valence-electron chi connectivity index (χ3n) is 3.48. The van der Waals surface area contributed by atoms with Gasteiger partial charge in [-0.3, -0.25) is 0 Å². The van der Waals surface area contributed by atoms with Crippen molar-refractivity contribution in [2.75, 3.05) is 0 Å². The van der Waals surface area contributed by atoms with Gasteiger partial charge in [-0.15, -0.1) is 0 Å². The van der Waals surface area contributed by atoms with Crippen molar-refractivity contribution in [1.29, 1.82) is 0 Å². The van der Waals surface area contributed by atoms with Gasteiger partial charge in [0.05, 0.1) is 15.1 Å². The van der Waals surface area contributed by atoms with Crippen LogP contribution in [0.1, 0.15) is 5.56 Å². The predicted octanol–water partition coefficient (Wildman–Crippen LogP) is 4.00. The number of rotatable bonds is 4. The van der Waals surface area contributed by atoms with Crippen LogP contribution in [0.2, 0.25) is 0 Å². The summed E-state index contributed by atoms with van der Waals surface area (Å²) in [6.07, 6.45) is 0. The lowest BCUT2D eigenvalue weighted by Gasteiger charge is -2.11. The second-order valence-corrected chi connectivity index (χ2v) is 7.13. The molecule has 2 aromatic carbocycles. The molecule has 118 valence electrons. The molecule has 0 aliphatic heterocycles. The molecule has 1 aromatic heterocycles. The second kappa shape index (κ2) is 6.84. The van der Waals surface area contributed by atoms with Crippen LogP contribution < -0.4 is 0 Å². The summed E-state index contributed by atoms with van der Waals surface area (Å²) in [6.45, 7) is 0. The molecule has 6 heteroatoms. The smallest absolute Gasteiger partial charge is 0.144 e. The van der Waals surface area contributed by atoms with E-state index in [4.69, 9.17) is 0 Å². The van der Waals surface area contributed by atoms with E-state index in [9.17, 15) is 12.8 Å². The highest BCUT2D eigenvalue weighted by Crippen LogP contribution is 2.28. The molecule has 0 bridgehead atoms. The first-order valence-corrected chi connectivity index (χ1v) is 9.33. The lowest BCUT2D eigenvalue weighted by Crippen LogP contribution is -1.99. The average Bonchev–Trinajstić information content (AvgIpc) is 2.90. The standard InChI is InChI=1S/C17H13FINO2S/c18-14-5-7-15(8-6-14)20-16(9-10-17(20)19)13-3-1-12(2-4-13)11-23(21)22/h1-10,23H,11H2. The van der Waals surface area contributed by atoms with Crippen molar-refractivity contribution in [2.24, 2.45) is 0 Å². The molecule has 0 spiro atoms. The molecule has 0 aliphatic carbocycles. The number of thiol groups is 1. The lowest BCUT2D eigenvalue weighted by molar-refractivity contribution is 0.614. The normalized spacial score (nSPS) is 11.1. The van der Waals surface area contributed by atoms with Gasteiger partial charge in [0, 0.05) is 5.69 Å². The van der Waals surface area contributed by atoms with Gasteiger partial charge in [-0.05, 0) is 70.1 Å². The Morgan fingerprint density at radius 3 is 2.17 bits per heavy atom. The zero-order valence-corrected chi connectivity index (χ0v) is 15.0. The first-order chi connectivity index (χ1) is 11.0. The van der Waals surface area contributed by atoms with E-state index in [-0.39, 0.29) is 11.6 Å². The number of aromatic nitrogens is 1. The molecule has 1 heterocycles. The molecule has 23 heavy (non-hydrogen) atoms. The summed E-state index contributed by atoms with van der Waals surface area (Å²) < 4.78 is 37.8. The maximum atomic E-state index is 13.1. The molecule has 3 aromatic rings. The zero-order chi connectivity index (χ0) is 16.4. The van der Waals surface area contributed by atoms with Crippen LogP contribution in [0.25, 0.3) is 16.9 Å². The van der Waals surface area contributed by atoms with Crippen molar-refractivity contribution in [1.82, 2.24) is 4.57 Å². The van der Waals surface area contributed by atoms with E-state index in [0.29, 0.717) is 0 Å². The van der Waals surface area contributed by atoms with Gasteiger partial charge in [-0.25, -0.2) is 12.8 Å². The van der Waals surface area contributed by atoms with E-state index in [1.54, 1.807) is 12.1 Å². The van der Waals surface area contributed by atoms with Crippen molar-refractivity contribution in [3.8, 4) is 16.9 Å². The molecule has 0 amide bonds. The SMILES string of the molecule is O=[SH](=O)Cc1ccc(-c2ccc(I)n2-c2ccc(F)cc2)cc1. The quantitative estimate of drug-likeness (QED) is 0.491. The maximum Gasteiger partial charge on any atom is 0.144 e. The third-order valence-corrected chi connectivity index (χ3v) is 4.94. The van der Waals surface area contributed by atoms with Crippen LogP contribution in [0.15, 0.2) is 60.7 Å². The first-order valence-electron chi connectivity index (χ1n) is 6.89. The van der Waals surface area contributed by atoms with Gasteiger partial charge in [0.25, 0.3) is 0 Å². The number of benzene rings is 2. The fraction of sp³-hybridized carbons (Fsp3) is 0.0588. The van der Waals surface area contributed by atoms with Crippen LogP contribution in [-0.2, 0) is 16.5 Å². The fourth-order valence-electron chi connectivity index (χ4n) is 2.42. The van der Waals surface area contributed by atoms with Crippen molar-refractivity contribution in [3.05, 3.63) is 75.7 Å². The Morgan fingerprint density at radius 1 is 0.913 bits per heavy atom. The van der Waals surface area contributed by atoms with E-state index < -0.39 is 10.7 Å². The molecule has 0 saturated heterocycles. The Bertz CT molecular complexity index is 891. The second-order valence-electron chi connectivity index (χ2n) is 5.04. The highest BCUT2D eigenvalue weighted by atomic mass is 127. The fourth-order valence-corrected chi connectivity index (χ4v) is 3.65. The van der Waals surface area contributed by atoms with Crippen LogP contribution in [0.5, 0.6) is 0 Å². The van der Waals surface area contributed by atoms with Crippen molar-refractivity contribution in [3.63, 3.8) is 0 Å². The summed E-state index contributed by atoms with van der Waals surface area (Å²) in [5, 5.41) is 0. The van der Waals surface area contributed by atoms with Gasteiger partial charge in [0.1, 0.15) is 16.5 Å². The van der Waals surface area contributed by atoms with Gasteiger partial charge in [0.15, 0.2) is 0 Å². The van der Waals surface area contributed by atoms with Gasteiger partial charge >= 0.3 is 0 Å². The van der Waals surface area contributed by atoms with Gasteiger partial charge in [0.2, 0.25) is 0 Å². The molecule has 3 nitrogen and oxygen atoms in total. The molecular weight excluding hydrogens is 428 g/mol. The minimum Gasteiger partial charge on any atom is -0.305 e. The summed E-state index contributed by atoms with van der Waals surface area (Å²) >= 11 is 2.23. The number of hydrogen-bond donors (Lipinski definition) is 1. The topological polar surface area (TPSA) is 39.1 Å². The Labute approximate surface area is 148 Å². The molecular formula is C17H13FINO2S. The van der Waals surface area contributed by atoms with E-state index >= 15 is 0 Å². The van der Waals surface area contributed by atoms with Crippen LogP contribution in [0, 0.1) is 9.52 Å². The Balaban J connectivity index is 2.02. The van der Waals surface area contributed by atoms with Crippen LogP contribution in [-0.4, -0.2) is 13.0 Å². The van der Waals surface area contributed by atoms with E-state index in [0.717, 1.165) is 26.2 Å². The Morgan fingerprint density at radius 2 is 1.57 bits per heavy atom. The number of halogens is 2. The summed E-state index contributed by atoms with van der Waals surface area (Å²) in [5.41, 5.74) is 3.59. The molecule has 0 unspecified atom stereocenters. The molecule has 3 rings (SSSR count). The zero-order valence-electron chi connectivity index (χ0n) is 11.9. The van der Waals surface area contributed by atoms with Gasteiger partial charge in [-0.2, -0.15) is 0 Å². The summed E-state index contributed by atoms with van der Waals surface area (Å²) in [7, 11) is -2.42. The molecule has 0 fully saturated rings. The van der Waals surface area contributed by atoms with Crippen molar-refractivity contribution < 1.29 is 12.8 Å². The van der Waals surface area contributed by atoms with Crippen LogP contribution in [0.4, 0.5) is 4.39 Å². The van der Waals surface area contributed by atoms with E-state index in [2.05, 4.69) is 22.6 Å². The molecule has 0 atom stereocenters. The van der Waals surface area contributed by atoms with Crippen molar-refractivity contribution in [2.45, 2.75) is 5.75 Å². The Kier molecular flexibility index (Phi) is 4.82. The third kappa shape index (κ3) is 3.64. The Hall–Kier alpha value is -1.67. The highest BCUT2D eigenvalue weighted by molar-refractivity contribution is 14.1. The summed E-state index contributed by atoms with van der Waals surface area (Å²) in [6, 6.07) is 17.8. The first kappa shape index (κ1) is 16.2. The summed E-state index contributed by atoms with van der Waals surface area (Å²) in [5.74, 6) is -0.222. The minimum atomic E-state index is -2.42. The lowest BCUT2D eigenvalue weighted by atomic mass is 10.1. The number of nitrogens with zero attached hydrogens (tertiary/aromatic N) is 1. The van der Waals surface area contributed by atoms with E-state index in [1.165, 1.54) is 12.1 Å². The predicted molar refractivity (Wildman–Crippen MR) is 97.9 cm³/mol. The average molecular weight is 441 g/mol. The minimum absolute atomic E-state index is 0.0477.